The van der Waals surface area contributed by atoms with Crippen LogP contribution in [0.5, 0.6) is 0 Å². The monoisotopic (exact) mass is 571 g/mol. The van der Waals surface area contributed by atoms with E-state index in [4.69, 9.17) is 0 Å². The van der Waals surface area contributed by atoms with Gasteiger partial charge in [0.2, 0.25) is 21.8 Å². The van der Waals surface area contributed by atoms with Gasteiger partial charge in [0, 0.05) is 16.7 Å². The summed E-state index contributed by atoms with van der Waals surface area (Å²) in [5.41, 5.74) is 1.45. The van der Waals surface area contributed by atoms with Crippen LogP contribution in [-0.4, -0.2) is 57.1 Å². The molecule has 0 saturated heterocycles. The molecular formula is C23H30IN3O4S. The Labute approximate surface area is 204 Å². The van der Waals surface area contributed by atoms with Crippen LogP contribution in [-0.2, 0) is 26.0 Å². The zero-order chi connectivity index (χ0) is 23.7. The Balaban J connectivity index is 2.33. The van der Waals surface area contributed by atoms with Crippen molar-refractivity contribution < 1.29 is 18.0 Å². The second-order valence-electron chi connectivity index (χ2n) is 7.39. The van der Waals surface area contributed by atoms with Crippen molar-refractivity contribution in [3.05, 3.63) is 63.7 Å². The van der Waals surface area contributed by atoms with Gasteiger partial charge in [-0.05, 0) is 72.2 Å². The highest BCUT2D eigenvalue weighted by Crippen LogP contribution is 2.20. The number of carbonyl (C=O) groups is 2. The smallest absolute Gasteiger partial charge is 0.244 e. The Morgan fingerprint density at radius 2 is 1.66 bits per heavy atom. The average Bonchev–Trinajstić information content (AvgIpc) is 2.75. The molecule has 174 valence electrons. The van der Waals surface area contributed by atoms with E-state index < -0.39 is 22.0 Å². The summed E-state index contributed by atoms with van der Waals surface area (Å²) in [6.45, 7) is 4.06. The Morgan fingerprint density at radius 1 is 1.03 bits per heavy atom. The minimum Gasteiger partial charge on any atom is -0.355 e. The van der Waals surface area contributed by atoms with Gasteiger partial charge in [-0.1, -0.05) is 37.3 Å². The number of likely N-dealkylation sites (N-methyl/N-ethyl adjacent to an activating group) is 1. The van der Waals surface area contributed by atoms with E-state index in [0.29, 0.717) is 31.6 Å². The first-order valence-corrected chi connectivity index (χ1v) is 13.4. The van der Waals surface area contributed by atoms with Gasteiger partial charge in [-0.25, -0.2) is 8.42 Å². The quantitative estimate of drug-likeness (QED) is 0.421. The van der Waals surface area contributed by atoms with Crippen LogP contribution in [0, 0.1) is 3.57 Å². The first-order valence-electron chi connectivity index (χ1n) is 10.5. The predicted octanol–water partition coefficient (Wildman–Crippen LogP) is 3.04. The molecule has 1 N–H and O–H groups in total. The largest absolute Gasteiger partial charge is 0.355 e. The first-order chi connectivity index (χ1) is 15.2. The molecule has 0 saturated carbocycles. The number of hydrogen-bond acceptors (Lipinski definition) is 4. The highest BCUT2D eigenvalue weighted by molar-refractivity contribution is 14.1. The van der Waals surface area contributed by atoms with Gasteiger partial charge in [-0.15, -0.1) is 0 Å². The fraction of sp³-hybridized carbons (Fsp3) is 0.391. The molecule has 2 rings (SSSR count). The van der Waals surface area contributed by atoms with Crippen molar-refractivity contribution in [2.45, 2.75) is 32.7 Å². The summed E-state index contributed by atoms with van der Waals surface area (Å²) >= 11 is 2.13. The maximum Gasteiger partial charge on any atom is 0.244 e. The van der Waals surface area contributed by atoms with Crippen molar-refractivity contribution in [1.29, 1.82) is 0 Å². The van der Waals surface area contributed by atoms with Crippen LogP contribution in [0.25, 0.3) is 0 Å². The van der Waals surface area contributed by atoms with Crippen LogP contribution in [0.1, 0.15) is 25.8 Å². The van der Waals surface area contributed by atoms with Crippen LogP contribution >= 0.6 is 22.6 Å². The van der Waals surface area contributed by atoms with Gasteiger partial charge in [0.15, 0.2) is 0 Å². The number of carbonyl (C=O) groups excluding carboxylic acids is 2. The summed E-state index contributed by atoms with van der Waals surface area (Å²) in [5.74, 6) is -0.653. The third-order valence-corrected chi connectivity index (χ3v) is 6.87. The molecule has 0 bridgehead atoms. The molecule has 0 aliphatic heterocycles. The van der Waals surface area contributed by atoms with E-state index in [1.54, 1.807) is 24.3 Å². The number of nitrogens with one attached hydrogen (secondary N) is 1. The summed E-state index contributed by atoms with van der Waals surface area (Å²) in [4.78, 5) is 27.6. The minimum atomic E-state index is -3.71. The fourth-order valence-electron chi connectivity index (χ4n) is 3.41. The van der Waals surface area contributed by atoms with E-state index in [0.717, 1.165) is 19.7 Å². The van der Waals surface area contributed by atoms with E-state index >= 15 is 0 Å². The molecule has 2 aromatic rings. The molecule has 0 unspecified atom stereocenters. The molecule has 0 aromatic heterocycles. The van der Waals surface area contributed by atoms with E-state index in [-0.39, 0.29) is 12.5 Å². The van der Waals surface area contributed by atoms with Crippen molar-refractivity contribution in [3.8, 4) is 0 Å². The standard InChI is InChI=1S/C23H30IN3O4S/c1-4-21(23(29)25-5-2)26(16-15-18-9-7-6-8-10-18)22(28)17-27(32(3,30)31)20-13-11-19(24)12-14-20/h6-14,21H,4-5,15-17H2,1-3H3,(H,25,29)/t21-/m0/s1. The van der Waals surface area contributed by atoms with Crippen molar-refractivity contribution in [2.24, 2.45) is 0 Å². The Kier molecular flexibility index (Phi) is 9.95. The highest BCUT2D eigenvalue weighted by atomic mass is 127. The molecule has 9 heteroatoms. The molecule has 0 aliphatic rings. The molecule has 0 radical (unpaired) electrons. The number of hydrogen-bond donors (Lipinski definition) is 1. The van der Waals surface area contributed by atoms with Crippen LogP contribution in [0.2, 0.25) is 0 Å². The molecule has 0 heterocycles. The highest BCUT2D eigenvalue weighted by Gasteiger charge is 2.31. The van der Waals surface area contributed by atoms with Crippen molar-refractivity contribution in [1.82, 2.24) is 10.2 Å². The van der Waals surface area contributed by atoms with Gasteiger partial charge in [-0.3, -0.25) is 13.9 Å². The lowest BCUT2D eigenvalue weighted by atomic mass is 10.1. The molecular weight excluding hydrogens is 541 g/mol. The number of anilines is 1. The molecule has 1 atom stereocenters. The predicted molar refractivity (Wildman–Crippen MR) is 136 cm³/mol. The number of sulfonamides is 1. The summed E-state index contributed by atoms with van der Waals surface area (Å²) in [5, 5.41) is 2.79. The second-order valence-corrected chi connectivity index (χ2v) is 10.5. The zero-order valence-electron chi connectivity index (χ0n) is 18.6. The molecule has 32 heavy (non-hydrogen) atoms. The van der Waals surface area contributed by atoms with Crippen molar-refractivity contribution in [2.75, 3.05) is 30.2 Å². The Bertz CT molecular complexity index is 998. The normalized spacial score (nSPS) is 12.1. The number of rotatable bonds is 11. The average molecular weight is 571 g/mol. The van der Waals surface area contributed by atoms with Gasteiger partial charge in [0.25, 0.3) is 0 Å². The number of benzene rings is 2. The zero-order valence-corrected chi connectivity index (χ0v) is 21.6. The van der Waals surface area contributed by atoms with E-state index in [1.807, 2.05) is 44.2 Å². The third kappa shape index (κ3) is 7.47. The topological polar surface area (TPSA) is 86.8 Å². The van der Waals surface area contributed by atoms with Crippen LogP contribution in [0.3, 0.4) is 0 Å². The Morgan fingerprint density at radius 3 is 2.19 bits per heavy atom. The Hall–Kier alpha value is -2.14. The summed E-state index contributed by atoms with van der Waals surface area (Å²) in [6, 6.07) is 15.9. The molecule has 0 fully saturated rings. The summed E-state index contributed by atoms with van der Waals surface area (Å²) in [6.07, 6.45) is 2.06. The minimum absolute atomic E-state index is 0.239. The van der Waals surface area contributed by atoms with E-state index in [1.165, 1.54) is 4.90 Å². The lowest BCUT2D eigenvalue weighted by molar-refractivity contribution is -0.139. The van der Waals surface area contributed by atoms with E-state index in [9.17, 15) is 18.0 Å². The summed E-state index contributed by atoms with van der Waals surface area (Å²) in [7, 11) is -3.71. The number of nitrogens with zero attached hydrogens (tertiary/aromatic N) is 2. The number of halogens is 1. The van der Waals surface area contributed by atoms with Crippen LogP contribution < -0.4 is 9.62 Å². The first kappa shape index (κ1) is 26.1. The number of amides is 2. The van der Waals surface area contributed by atoms with Crippen molar-refractivity contribution in [3.63, 3.8) is 0 Å². The fourth-order valence-corrected chi connectivity index (χ4v) is 4.62. The van der Waals surface area contributed by atoms with Crippen LogP contribution in [0.4, 0.5) is 5.69 Å². The molecule has 2 aromatic carbocycles. The SMILES string of the molecule is CCNC(=O)[C@H](CC)N(CCc1ccccc1)C(=O)CN(c1ccc(I)cc1)S(C)(=O)=O. The lowest BCUT2D eigenvalue weighted by Crippen LogP contribution is -2.53. The van der Waals surface area contributed by atoms with Crippen molar-refractivity contribution >= 4 is 50.1 Å². The van der Waals surface area contributed by atoms with Gasteiger partial charge in [0.05, 0.1) is 11.9 Å². The van der Waals surface area contributed by atoms with Gasteiger partial charge >= 0.3 is 0 Å². The van der Waals surface area contributed by atoms with Crippen LogP contribution in [0.15, 0.2) is 54.6 Å². The third-order valence-electron chi connectivity index (χ3n) is 5.01. The summed E-state index contributed by atoms with van der Waals surface area (Å²) < 4.78 is 27.1. The molecule has 7 nitrogen and oxygen atoms in total. The lowest BCUT2D eigenvalue weighted by Gasteiger charge is -2.32. The maximum absolute atomic E-state index is 13.4. The molecule has 0 aliphatic carbocycles. The van der Waals surface area contributed by atoms with E-state index in [2.05, 4.69) is 27.9 Å². The molecule has 2 amide bonds. The van der Waals surface area contributed by atoms with Gasteiger partial charge in [0.1, 0.15) is 12.6 Å². The maximum atomic E-state index is 13.4. The second kappa shape index (κ2) is 12.2. The van der Waals surface area contributed by atoms with Gasteiger partial charge < -0.3 is 10.2 Å². The van der Waals surface area contributed by atoms with Gasteiger partial charge in [-0.2, -0.15) is 0 Å². The molecule has 0 spiro atoms.